The zero-order chi connectivity index (χ0) is 42.8. The van der Waals surface area contributed by atoms with E-state index in [1.54, 1.807) is 24.3 Å². The molecule has 0 aliphatic carbocycles. The van der Waals surface area contributed by atoms with Crippen molar-refractivity contribution >= 4 is 58.9 Å². The van der Waals surface area contributed by atoms with E-state index in [0.717, 1.165) is 34.8 Å². The summed E-state index contributed by atoms with van der Waals surface area (Å²) in [6.07, 6.45) is 1.64. The van der Waals surface area contributed by atoms with Crippen LogP contribution in [-0.2, 0) is 51.3 Å². The Balaban J connectivity index is 0.000000474. The van der Waals surface area contributed by atoms with E-state index in [1.165, 1.54) is 32.6 Å². The van der Waals surface area contributed by atoms with Gasteiger partial charge in [0, 0.05) is 31.6 Å². The Morgan fingerprint density at radius 3 is 1.79 bits per heavy atom. The third-order valence-corrected chi connectivity index (χ3v) is 8.82. The van der Waals surface area contributed by atoms with Gasteiger partial charge in [0.05, 0.1) is 14.2 Å². The SMILES string of the molecule is C1CCOC1.COC(=O)[C@@H]1CCC(=O)N1C(=O)OCc1ccccc1.COC(=O)[C@H](CCC(=O)c1ccc(C)cc1)NC(=O)OCc1ccccc1.Cc1cc[c-]cc1.[Br-].[Mg+2]. The van der Waals surface area contributed by atoms with Crippen LogP contribution < -0.4 is 22.3 Å². The van der Waals surface area contributed by atoms with Crippen molar-refractivity contribution in [2.24, 2.45) is 0 Å². The van der Waals surface area contributed by atoms with Crippen LogP contribution in [0.2, 0.25) is 0 Å². The van der Waals surface area contributed by atoms with Crippen LogP contribution in [0.15, 0.2) is 109 Å². The summed E-state index contributed by atoms with van der Waals surface area (Å²) in [4.78, 5) is 72.1. The Bertz CT molecular complexity index is 1890. The van der Waals surface area contributed by atoms with E-state index >= 15 is 0 Å². The van der Waals surface area contributed by atoms with Crippen LogP contribution in [0, 0.1) is 19.9 Å². The van der Waals surface area contributed by atoms with Gasteiger partial charge in [-0.2, -0.15) is 35.9 Å². The van der Waals surface area contributed by atoms with Crippen molar-refractivity contribution < 1.29 is 69.4 Å². The summed E-state index contributed by atoms with van der Waals surface area (Å²) >= 11 is 0. The molecule has 322 valence electrons. The summed E-state index contributed by atoms with van der Waals surface area (Å²) in [5.74, 6) is -1.75. The maximum Gasteiger partial charge on any atom is 2.00 e. The Morgan fingerprint density at radius 2 is 1.31 bits per heavy atom. The second-order valence-corrected chi connectivity index (χ2v) is 13.4. The molecular weight excluding hydrogens is 861 g/mol. The van der Waals surface area contributed by atoms with Gasteiger partial charge in [-0.25, -0.2) is 24.1 Å². The number of imide groups is 1. The van der Waals surface area contributed by atoms with Gasteiger partial charge in [-0.15, -0.1) is 0 Å². The molecule has 6 rings (SSSR count). The third-order valence-electron chi connectivity index (χ3n) is 8.82. The molecule has 2 heterocycles. The summed E-state index contributed by atoms with van der Waals surface area (Å²) in [6.45, 7) is 6.14. The number of carbonyl (C=O) groups is 6. The quantitative estimate of drug-likeness (QED) is 0.0757. The number of carbonyl (C=O) groups excluding carboxylic acids is 6. The first-order valence-electron chi connectivity index (χ1n) is 19.3. The predicted molar refractivity (Wildman–Crippen MR) is 225 cm³/mol. The number of rotatable bonds is 11. The number of hydrogen-bond acceptors (Lipinski definition) is 11. The second kappa shape index (κ2) is 30.9. The Morgan fingerprint density at radius 1 is 0.770 bits per heavy atom. The van der Waals surface area contributed by atoms with Gasteiger partial charge in [0.15, 0.2) is 5.78 Å². The van der Waals surface area contributed by atoms with E-state index < -0.39 is 42.1 Å². The van der Waals surface area contributed by atoms with Gasteiger partial charge in [-0.3, -0.25) is 9.59 Å². The van der Waals surface area contributed by atoms with Gasteiger partial charge in [0.25, 0.3) is 0 Å². The van der Waals surface area contributed by atoms with E-state index in [2.05, 4.69) is 23.0 Å². The second-order valence-electron chi connectivity index (χ2n) is 13.4. The standard InChI is InChI=1S/C21H23NO5.C14H15NO5.C7H7.C4H8O.BrH.Mg/c1-15-8-10-17(11-9-15)19(23)13-12-18(20(24)26-2)22-21(25)27-14-16-6-4-3-5-7-16;1-19-13(17)11-7-8-12(16)15(11)14(18)20-9-10-5-3-2-4-6-10;1-7-5-3-2-4-6-7;1-2-4-5-3-1;;/h3-11,18H,12-14H2,1-2H3,(H,22,25);2-6,11H,7-9H2,1H3;3-6H,1H3;1-4H2;1H;/q;;-1;;;+2/p-1/t18-;11-;;;;/m00..../s1. The first-order valence-corrected chi connectivity index (χ1v) is 19.3. The summed E-state index contributed by atoms with van der Waals surface area (Å²) < 4.78 is 24.4. The van der Waals surface area contributed by atoms with Gasteiger partial charge in [-0.1, -0.05) is 97.4 Å². The molecule has 0 radical (unpaired) electrons. The topological polar surface area (TPSA) is 164 Å². The monoisotopic (exact) mass is 912 g/mol. The van der Waals surface area contributed by atoms with Gasteiger partial charge < -0.3 is 46.0 Å². The van der Waals surface area contributed by atoms with E-state index in [4.69, 9.17) is 18.9 Å². The van der Waals surface area contributed by atoms with Crippen LogP contribution >= 0.6 is 0 Å². The largest absolute Gasteiger partial charge is 2.00 e. The molecule has 4 aromatic rings. The molecule has 4 aromatic carbocycles. The maximum absolute atomic E-state index is 12.3. The number of ether oxygens (including phenoxy) is 5. The average Bonchev–Trinajstić information content (AvgIpc) is 3.99. The zero-order valence-corrected chi connectivity index (χ0v) is 38.1. The molecule has 2 atom stereocenters. The van der Waals surface area contributed by atoms with Gasteiger partial charge >= 0.3 is 47.2 Å². The van der Waals surface area contributed by atoms with Crippen molar-refractivity contribution in [3.63, 3.8) is 0 Å². The average molecular weight is 914 g/mol. The van der Waals surface area contributed by atoms with Crippen molar-refractivity contribution in [3.05, 3.63) is 143 Å². The molecule has 3 amide bonds. The summed E-state index contributed by atoms with van der Waals surface area (Å²) in [6, 6.07) is 34.5. The van der Waals surface area contributed by atoms with Gasteiger partial charge in [-0.05, 0) is 43.7 Å². The number of ketones is 1. The Kier molecular flexibility index (Phi) is 27.3. The predicted octanol–water partition coefficient (Wildman–Crippen LogP) is 4.13. The Labute approximate surface area is 384 Å². The van der Waals surface area contributed by atoms with Crippen molar-refractivity contribution in [2.75, 3.05) is 27.4 Å². The summed E-state index contributed by atoms with van der Waals surface area (Å²) in [7, 11) is 2.45. The number of esters is 2. The number of Topliss-reactive ketones (excluding diaryl/α,β-unsaturated/α-hetero) is 1. The summed E-state index contributed by atoms with van der Waals surface area (Å²) in [5, 5.41) is 2.47. The van der Waals surface area contributed by atoms with E-state index in [0.29, 0.717) is 5.56 Å². The minimum absolute atomic E-state index is 0. The fourth-order valence-corrected chi connectivity index (χ4v) is 5.50. The molecule has 0 aromatic heterocycles. The normalized spacial score (nSPS) is 13.9. The number of aryl methyl sites for hydroxylation is 2. The number of likely N-dealkylation sites (tertiary alicyclic amines) is 1. The van der Waals surface area contributed by atoms with Crippen LogP contribution in [-0.4, -0.2) is 103 Å². The molecule has 0 spiro atoms. The van der Waals surface area contributed by atoms with Crippen LogP contribution in [0.5, 0.6) is 0 Å². The number of nitrogens with zero attached hydrogens (tertiary/aromatic N) is 1. The number of hydrogen-bond donors (Lipinski definition) is 1. The molecule has 2 saturated heterocycles. The van der Waals surface area contributed by atoms with Gasteiger partial charge in [0.2, 0.25) is 5.91 Å². The number of methoxy groups -OCH3 is 2. The molecule has 2 aliphatic heterocycles. The van der Waals surface area contributed by atoms with Crippen molar-refractivity contribution in [1.82, 2.24) is 10.2 Å². The first-order chi connectivity index (χ1) is 28.5. The molecule has 0 bridgehead atoms. The van der Waals surface area contributed by atoms with Crippen LogP contribution in [0.1, 0.15) is 71.1 Å². The van der Waals surface area contributed by atoms with E-state index in [-0.39, 0.29) is 84.7 Å². The molecule has 2 aliphatic rings. The Hall–Kier alpha value is -5.09. The third kappa shape index (κ3) is 20.8. The fraction of sp³-hybridized carbons (Fsp3) is 0.348. The molecule has 2 fully saturated rings. The van der Waals surface area contributed by atoms with E-state index in [1.807, 2.05) is 91.9 Å². The first kappa shape index (κ1) is 53.9. The zero-order valence-electron chi connectivity index (χ0n) is 35.1. The molecule has 15 heteroatoms. The number of benzene rings is 4. The molecular formula is C46H53BrMgN2O11. The number of halogens is 1. The maximum atomic E-state index is 12.3. The number of nitrogens with one attached hydrogen (secondary N) is 1. The van der Waals surface area contributed by atoms with Crippen molar-refractivity contribution in [3.8, 4) is 0 Å². The van der Waals surface area contributed by atoms with Crippen LogP contribution in [0.3, 0.4) is 0 Å². The minimum atomic E-state index is -0.951. The smallest absolute Gasteiger partial charge is 1.00 e. The number of amides is 3. The van der Waals surface area contributed by atoms with Crippen molar-refractivity contribution in [2.45, 2.75) is 77.7 Å². The molecule has 61 heavy (non-hydrogen) atoms. The van der Waals surface area contributed by atoms with E-state index in [9.17, 15) is 28.8 Å². The molecule has 1 N–H and O–H groups in total. The van der Waals surface area contributed by atoms with Crippen LogP contribution in [0.4, 0.5) is 9.59 Å². The summed E-state index contributed by atoms with van der Waals surface area (Å²) in [5.41, 5.74) is 4.55. The van der Waals surface area contributed by atoms with Gasteiger partial charge in [0.1, 0.15) is 25.3 Å². The van der Waals surface area contributed by atoms with Crippen molar-refractivity contribution in [1.29, 1.82) is 0 Å². The molecule has 0 saturated carbocycles. The van der Waals surface area contributed by atoms with Crippen LogP contribution in [0.25, 0.3) is 0 Å². The number of alkyl carbamates (subject to hydrolysis) is 1. The minimum Gasteiger partial charge on any atom is -1.00 e. The fourth-order valence-electron chi connectivity index (χ4n) is 5.50. The molecule has 13 nitrogen and oxygen atoms in total. The molecule has 0 unspecified atom stereocenters.